The molecule has 0 N–H and O–H groups in total. The highest BCUT2D eigenvalue weighted by Gasteiger charge is 2.71. The van der Waals surface area contributed by atoms with Crippen LogP contribution in [0.25, 0.3) is 0 Å². The molecule has 1 aromatic rings. The second-order valence-corrected chi connectivity index (χ2v) is 9.04. The van der Waals surface area contributed by atoms with Crippen molar-refractivity contribution in [3.05, 3.63) is 35.9 Å². The zero-order chi connectivity index (χ0) is 17.6. The molecule has 0 unspecified atom stereocenters. The zero-order valence-corrected chi connectivity index (χ0v) is 12.2. The Morgan fingerprint density at radius 1 is 0.727 bits per heavy atom. The fourth-order valence-electron chi connectivity index (χ4n) is 1.64. The van der Waals surface area contributed by atoms with Crippen molar-refractivity contribution in [2.24, 2.45) is 0 Å². The van der Waals surface area contributed by atoms with Crippen LogP contribution in [0.3, 0.4) is 0 Å². The first-order valence-electron chi connectivity index (χ1n) is 5.28. The van der Waals surface area contributed by atoms with Crippen LogP contribution in [0.4, 0.5) is 26.3 Å². The van der Waals surface area contributed by atoms with Crippen LogP contribution < -0.4 is 0 Å². The van der Waals surface area contributed by atoms with Gasteiger partial charge < -0.3 is 0 Å². The molecule has 0 saturated heterocycles. The number of rotatable bonds is 3. The molecular formula is C10H8F6O4S2. The highest BCUT2D eigenvalue weighted by atomic mass is 32.3. The Balaban J connectivity index is 3.95. The number of halogens is 6. The first-order valence-corrected chi connectivity index (χ1v) is 8.24. The molecule has 0 aliphatic heterocycles. The van der Waals surface area contributed by atoms with E-state index in [1.807, 2.05) is 0 Å². The maximum Gasteiger partial charge on any atom is 0.499 e. The van der Waals surface area contributed by atoms with E-state index >= 15 is 0 Å². The minimum atomic E-state index is -6.74. The van der Waals surface area contributed by atoms with Crippen LogP contribution >= 0.6 is 0 Å². The van der Waals surface area contributed by atoms with Gasteiger partial charge in [0.15, 0.2) is 0 Å². The largest absolute Gasteiger partial charge is 0.499 e. The van der Waals surface area contributed by atoms with E-state index in [4.69, 9.17) is 0 Å². The summed E-state index contributed by atoms with van der Waals surface area (Å²) in [6.07, 6.45) is 0. The average molecular weight is 370 g/mol. The van der Waals surface area contributed by atoms with Crippen molar-refractivity contribution in [3.63, 3.8) is 0 Å². The van der Waals surface area contributed by atoms with E-state index in [2.05, 4.69) is 0 Å². The van der Waals surface area contributed by atoms with Gasteiger partial charge in [-0.3, -0.25) is 0 Å². The third kappa shape index (κ3) is 2.47. The molecule has 22 heavy (non-hydrogen) atoms. The van der Waals surface area contributed by atoms with Crippen LogP contribution in [0.1, 0.15) is 12.5 Å². The molecule has 0 spiro atoms. The van der Waals surface area contributed by atoms with Crippen molar-refractivity contribution in [2.75, 3.05) is 0 Å². The summed E-state index contributed by atoms with van der Waals surface area (Å²) in [5, 5.41) is 0. The summed E-state index contributed by atoms with van der Waals surface area (Å²) in [5.74, 6) is 0. The monoisotopic (exact) mass is 370 g/mol. The fourth-order valence-corrected chi connectivity index (χ4v) is 5.14. The Morgan fingerprint density at radius 3 is 1.32 bits per heavy atom. The molecule has 12 heteroatoms. The van der Waals surface area contributed by atoms with E-state index in [9.17, 15) is 43.2 Å². The van der Waals surface area contributed by atoms with Crippen LogP contribution in [-0.2, 0) is 23.8 Å². The van der Waals surface area contributed by atoms with Crippen molar-refractivity contribution in [1.29, 1.82) is 0 Å². The Kier molecular flexibility index (Phi) is 4.36. The summed E-state index contributed by atoms with van der Waals surface area (Å²) in [7, 11) is -13.5. The van der Waals surface area contributed by atoms with E-state index in [1.165, 1.54) is 6.07 Å². The summed E-state index contributed by atoms with van der Waals surface area (Å²) in [6.45, 7) is -0.131. The quantitative estimate of drug-likeness (QED) is 0.768. The van der Waals surface area contributed by atoms with Gasteiger partial charge in [-0.05, 0) is 12.5 Å². The lowest BCUT2D eigenvalue weighted by Gasteiger charge is -2.30. The lowest BCUT2D eigenvalue weighted by atomic mass is 10.2. The molecule has 0 heterocycles. The van der Waals surface area contributed by atoms with Gasteiger partial charge in [-0.15, -0.1) is 0 Å². The van der Waals surface area contributed by atoms with Gasteiger partial charge in [-0.25, -0.2) is 16.8 Å². The molecular weight excluding hydrogens is 362 g/mol. The van der Waals surface area contributed by atoms with E-state index in [-0.39, 0.29) is 6.92 Å². The topological polar surface area (TPSA) is 68.3 Å². The minimum absolute atomic E-state index is 0.131. The molecule has 0 bridgehead atoms. The minimum Gasteiger partial charge on any atom is -0.218 e. The molecule has 4 nitrogen and oxygen atoms in total. The highest BCUT2D eigenvalue weighted by Crippen LogP contribution is 2.49. The number of alkyl halides is 6. The molecule has 126 valence electrons. The standard InChI is InChI=1S/C10H8F6O4S2/c1-8(7-5-3-2-4-6-7,21(17,18)9(11,12)13)22(19,20)10(14,15)16/h2-6H,1H3. The van der Waals surface area contributed by atoms with Crippen molar-refractivity contribution >= 4 is 19.7 Å². The van der Waals surface area contributed by atoms with Crippen LogP contribution in [-0.4, -0.2) is 27.9 Å². The van der Waals surface area contributed by atoms with Crippen LogP contribution in [0, 0.1) is 0 Å². The number of hydrogen-bond acceptors (Lipinski definition) is 4. The van der Waals surface area contributed by atoms with Crippen LogP contribution in [0.5, 0.6) is 0 Å². The Labute approximate surface area is 121 Å². The van der Waals surface area contributed by atoms with Gasteiger partial charge in [0.2, 0.25) is 4.08 Å². The highest BCUT2D eigenvalue weighted by molar-refractivity contribution is 8.10. The maximum atomic E-state index is 12.7. The predicted octanol–water partition coefficient (Wildman–Crippen LogP) is 2.73. The van der Waals surface area contributed by atoms with Gasteiger partial charge >= 0.3 is 11.0 Å². The molecule has 0 aliphatic rings. The third-order valence-corrected chi connectivity index (χ3v) is 7.99. The second-order valence-electron chi connectivity index (χ2n) is 4.21. The van der Waals surface area contributed by atoms with Gasteiger partial charge in [0, 0.05) is 0 Å². The van der Waals surface area contributed by atoms with Crippen LogP contribution in [0.15, 0.2) is 30.3 Å². The molecule has 0 atom stereocenters. The van der Waals surface area contributed by atoms with Crippen molar-refractivity contribution in [2.45, 2.75) is 22.0 Å². The molecule has 0 radical (unpaired) electrons. The SMILES string of the molecule is CC(c1ccccc1)(S(=O)(=O)C(F)(F)F)S(=O)(=O)C(F)(F)F. The van der Waals surface area contributed by atoms with E-state index < -0.39 is 40.3 Å². The van der Waals surface area contributed by atoms with Gasteiger partial charge in [-0.1, -0.05) is 30.3 Å². The summed E-state index contributed by atoms with van der Waals surface area (Å²) in [6, 6.07) is 4.14. The molecule has 0 fully saturated rings. The first kappa shape index (κ1) is 18.7. The molecule has 0 saturated carbocycles. The van der Waals surface area contributed by atoms with Crippen molar-refractivity contribution in [3.8, 4) is 0 Å². The molecule has 0 aromatic heterocycles. The summed E-state index contributed by atoms with van der Waals surface area (Å²) >= 11 is 0. The first-order chi connectivity index (χ1) is 9.61. The Bertz CT molecular complexity index is 703. The van der Waals surface area contributed by atoms with Crippen molar-refractivity contribution in [1.82, 2.24) is 0 Å². The van der Waals surface area contributed by atoms with Gasteiger partial charge in [0.05, 0.1) is 0 Å². The summed E-state index contributed by atoms with van der Waals surface area (Å²) < 4.78 is 118. The van der Waals surface area contributed by atoms with Gasteiger partial charge in [0.1, 0.15) is 0 Å². The smallest absolute Gasteiger partial charge is 0.218 e. The normalized spacial score (nSPS) is 14.9. The second kappa shape index (κ2) is 5.11. The zero-order valence-electron chi connectivity index (χ0n) is 10.6. The molecule has 0 amide bonds. The fraction of sp³-hybridized carbons (Fsp3) is 0.400. The van der Waals surface area contributed by atoms with Crippen molar-refractivity contribution < 1.29 is 43.2 Å². The van der Waals surface area contributed by atoms with Crippen LogP contribution in [0.2, 0.25) is 0 Å². The summed E-state index contributed by atoms with van der Waals surface area (Å²) in [5.41, 5.74) is -13.6. The maximum absolute atomic E-state index is 12.7. The summed E-state index contributed by atoms with van der Waals surface area (Å²) in [4.78, 5) is 0. The third-order valence-electron chi connectivity index (χ3n) is 2.93. The molecule has 1 aromatic carbocycles. The molecule has 0 aliphatic carbocycles. The van der Waals surface area contributed by atoms with Gasteiger partial charge in [0.25, 0.3) is 19.7 Å². The van der Waals surface area contributed by atoms with Gasteiger partial charge in [-0.2, -0.15) is 26.3 Å². The number of benzene rings is 1. The number of sulfone groups is 2. The number of hydrogen-bond donors (Lipinski definition) is 0. The van der Waals surface area contributed by atoms with E-state index in [0.717, 1.165) is 12.1 Å². The average Bonchev–Trinajstić information content (AvgIpc) is 2.35. The Morgan fingerprint density at radius 2 is 1.05 bits per heavy atom. The Hall–Kier alpha value is -1.30. The predicted molar refractivity (Wildman–Crippen MR) is 63.7 cm³/mol. The lowest BCUT2D eigenvalue weighted by Crippen LogP contribution is -2.51. The van der Waals surface area contributed by atoms with E-state index in [1.54, 1.807) is 0 Å². The van der Waals surface area contributed by atoms with E-state index in [0.29, 0.717) is 12.1 Å². The lowest BCUT2D eigenvalue weighted by molar-refractivity contribution is -0.0491. The molecule has 1 rings (SSSR count).